The molecule has 1 N–H and O–H groups in total. The van der Waals surface area contributed by atoms with Gasteiger partial charge in [0.2, 0.25) is 0 Å². The summed E-state index contributed by atoms with van der Waals surface area (Å²) in [5.74, 6) is -0.236. The summed E-state index contributed by atoms with van der Waals surface area (Å²) < 4.78 is 10.0. The topological polar surface area (TPSA) is 47.6 Å². The van der Waals surface area contributed by atoms with Crippen LogP contribution in [0.25, 0.3) is 0 Å². The molecule has 19 heavy (non-hydrogen) atoms. The van der Waals surface area contributed by atoms with Gasteiger partial charge in [0, 0.05) is 12.8 Å². The first kappa shape index (κ1) is 15.5. The molecule has 1 aromatic rings. The molecule has 0 saturated heterocycles. The smallest absolute Gasteiger partial charge is 0.328 e. The van der Waals surface area contributed by atoms with Crippen LogP contribution in [0.3, 0.4) is 0 Å². The second-order valence-electron chi connectivity index (χ2n) is 4.51. The van der Waals surface area contributed by atoms with Gasteiger partial charge < -0.3 is 14.8 Å². The average molecular weight is 265 g/mol. The van der Waals surface area contributed by atoms with Crippen molar-refractivity contribution in [3.05, 3.63) is 29.3 Å². The second kappa shape index (κ2) is 7.79. The zero-order chi connectivity index (χ0) is 14.3. The van der Waals surface area contributed by atoms with Crippen molar-refractivity contribution in [3.63, 3.8) is 0 Å². The molecule has 0 radical (unpaired) electrons. The number of rotatable bonds is 7. The minimum Gasteiger partial charge on any atom is -0.462 e. The molecule has 0 aromatic heterocycles. The van der Waals surface area contributed by atoms with Crippen LogP contribution in [0, 0.1) is 13.8 Å². The summed E-state index contributed by atoms with van der Waals surface area (Å²) in [7, 11) is 1.58. The van der Waals surface area contributed by atoms with Gasteiger partial charge in [-0.25, -0.2) is 4.79 Å². The number of carbonyl (C=O) groups excluding carboxylic acids is 1. The van der Waals surface area contributed by atoms with Crippen LogP contribution in [0.1, 0.15) is 24.5 Å². The zero-order valence-electron chi connectivity index (χ0n) is 12.2. The van der Waals surface area contributed by atoms with E-state index in [0.717, 1.165) is 11.3 Å². The first-order valence-electron chi connectivity index (χ1n) is 6.58. The fraction of sp³-hybridized carbons (Fsp3) is 0.533. The van der Waals surface area contributed by atoms with Gasteiger partial charge in [0.1, 0.15) is 12.6 Å². The number of hydrogen-bond donors (Lipinski definition) is 1. The Balaban J connectivity index is 2.65. The Kier molecular flexibility index (Phi) is 6.36. The van der Waals surface area contributed by atoms with E-state index in [1.54, 1.807) is 7.11 Å². The normalized spacial score (nSPS) is 12.0. The number of nitrogens with one attached hydrogen (secondary N) is 1. The Morgan fingerprint density at radius 3 is 2.68 bits per heavy atom. The summed E-state index contributed by atoms with van der Waals surface area (Å²) in [5, 5.41) is 3.25. The van der Waals surface area contributed by atoms with Gasteiger partial charge in [0.05, 0.1) is 6.61 Å². The number of hydrogen-bond acceptors (Lipinski definition) is 4. The molecule has 1 unspecified atom stereocenters. The molecule has 1 aromatic carbocycles. The van der Waals surface area contributed by atoms with Gasteiger partial charge in [-0.2, -0.15) is 0 Å². The molecule has 0 bridgehead atoms. The van der Waals surface area contributed by atoms with Crippen molar-refractivity contribution in [1.29, 1.82) is 0 Å². The number of esters is 1. The van der Waals surface area contributed by atoms with E-state index in [1.807, 2.05) is 26.0 Å². The summed E-state index contributed by atoms with van der Waals surface area (Å²) in [5.41, 5.74) is 3.34. The molecule has 0 fully saturated rings. The van der Waals surface area contributed by atoms with Gasteiger partial charge in [-0.05, 0) is 37.5 Å². The molecule has 0 spiro atoms. The first-order chi connectivity index (χ1) is 9.10. The lowest BCUT2D eigenvalue weighted by Crippen LogP contribution is -2.31. The number of carbonyl (C=O) groups is 1. The van der Waals surface area contributed by atoms with Crippen LogP contribution in [0.5, 0.6) is 0 Å². The van der Waals surface area contributed by atoms with Crippen molar-refractivity contribution >= 4 is 11.7 Å². The monoisotopic (exact) mass is 265 g/mol. The number of ether oxygens (including phenoxy) is 2. The predicted molar refractivity (Wildman–Crippen MR) is 76.5 cm³/mol. The van der Waals surface area contributed by atoms with Crippen molar-refractivity contribution in [2.24, 2.45) is 0 Å². The van der Waals surface area contributed by atoms with Crippen molar-refractivity contribution in [2.75, 3.05) is 25.6 Å². The minimum absolute atomic E-state index is 0.236. The molecular weight excluding hydrogens is 242 g/mol. The van der Waals surface area contributed by atoms with Gasteiger partial charge in [-0.15, -0.1) is 0 Å². The van der Waals surface area contributed by atoms with E-state index in [9.17, 15) is 4.79 Å². The van der Waals surface area contributed by atoms with Crippen LogP contribution in [-0.4, -0.2) is 32.3 Å². The number of aryl methyl sites for hydroxylation is 1. The minimum atomic E-state index is -0.322. The highest BCUT2D eigenvalue weighted by Crippen LogP contribution is 2.19. The van der Waals surface area contributed by atoms with Crippen molar-refractivity contribution < 1.29 is 14.3 Å². The van der Waals surface area contributed by atoms with E-state index >= 15 is 0 Å². The number of anilines is 1. The summed E-state index contributed by atoms with van der Waals surface area (Å²) in [6, 6.07) is 5.69. The highest BCUT2D eigenvalue weighted by Gasteiger charge is 2.18. The Bertz CT molecular complexity index is 418. The van der Waals surface area contributed by atoms with E-state index in [2.05, 4.69) is 18.3 Å². The third-order valence-electron chi connectivity index (χ3n) is 3.16. The van der Waals surface area contributed by atoms with E-state index in [1.165, 1.54) is 5.56 Å². The van der Waals surface area contributed by atoms with Crippen LogP contribution in [-0.2, 0) is 14.3 Å². The summed E-state index contributed by atoms with van der Waals surface area (Å²) in [6.45, 7) is 6.77. The predicted octanol–water partition coefficient (Wildman–Crippen LogP) is 2.68. The molecule has 0 aliphatic rings. The van der Waals surface area contributed by atoms with Gasteiger partial charge in [-0.3, -0.25) is 0 Å². The van der Waals surface area contributed by atoms with Crippen molar-refractivity contribution in [1.82, 2.24) is 0 Å². The molecule has 4 heteroatoms. The fourth-order valence-electron chi connectivity index (χ4n) is 1.75. The summed E-state index contributed by atoms with van der Waals surface area (Å²) in [6.07, 6.45) is 0.680. The molecule has 106 valence electrons. The molecule has 0 saturated carbocycles. The van der Waals surface area contributed by atoms with E-state index in [4.69, 9.17) is 9.47 Å². The molecule has 0 aliphatic heterocycles. The molecule has 4 nitrogen and oxygen atoms in total. The van der Waals surface area contributed by atoms with Gasteiger partial charge in [0.15, 0.2) is 0 Å². The third-order valence-corrected chi connectivity index (χ3v) is 3.16. The van der Waals surface area contributed by atoms with Gasteiger partial charge >= 0.3 is 5.97 Å². The third kappa shape index (κ3) is 4.56. The van der Waals surface area contributed by atoms with Crippen LogP contribution < -0.4 is 5.32 Å². The van der Waals surface area contributed by atoms with Crippen LogP contribution in [0.2, 0.25) is 0 Å². The molecular formula is C15H23NO3. The van der Waals surface area contributed by atoms with E-state index in [0.29, 0.717) is 19.6 Å². The number of methoxy groups -OCH3 is 1. The Hall–Kier alpha value is -1.55. The maximum absolute atomic E-state index is 11.9. The maximum Gasteiger partial charge on any atom is 0.328 e. The second-order valence-corrected chi connectivity index (χ2v) is 4.51. The highest BCUT2D eigenvalue weighted by molar-refractivity contribution is 5.79. The van der Waals surface area contributed by atoms with E-state index in [-0.39, 0.29) is 12.0 Å². The van der Waals surface area contributed by atoms with Gasteiger partial charge in [0.25, 0.3) is 0 Å². The van der Waals surface area contributed by atoms with Gasteiger partial charge in [-0.1, -0.05) is 19.1 Å². The van der Waals surface area contributed by atoms with Crippen molar-refractivity contribution in [2.45, 2.75) is 33.2 Å². The molecule has 0 aliphatic carbocycles. The van der Waals surface area contributed by atoms with Crippen LogP contribution in [0.4, 0.5) is 5.69 Å². The molecule has 0 heterocycles. The maximum atomic E-state index is 11.9. The fourth-order valence-corrected chi connectivity index (χ4v) is 1.75. The van der Waals surface area contributed by atoms with E-state index < -0.39 is 0 Å². The molecule has 1 rings (SSSR count). The lowest BCUT2D eigenvalue weighted by Gasteiger charge is -2.19. The Morgan fingerprint density at radius 1 is 1.32 bits per heavy atom. The van der Waals surface area contributed by atoms with Crippen LogP contribution in [0.15, 0.2) is 18.2 Å². The summed E-state index contributed by atoms with van der Waals surface area (Å²) in [4.78, 5) is 11.9. The molecule has 0 amide bonds. The number of benzene rings is 1. The highest BCUT2D eigenvalue weighted by atomic mass is 16.6. The summed E-state index contributed by atoms with van der Waals surface area (Å²) >= 11 is 0. The lowest BCUT2D eigenvalue weighted by atomic mass is 10.1. The quantitative estimate of drug-likeness (QED) is 0.608. The standard InChI is InChI=1S/C15H23NO3/c1-5-13(15(17)19-10-9-18-4)16-14-8-6-7-11(2)12(14)3/h6-8,13,16H,5,9-10H2,1-4H3. The Labute approximate surface area is 115 Å². The lowest BCUT2D eigenvalue weighted by molar-refractivity contribution is -0.145. The first-order valence-corrected chi connectivity index (χ1v) is 6.58. The SMILES string of the molecule is CCC(Nc1cccc(C)c1C)C(=O)OCCOC. The zero-order valence-corrected chi connectivity index (χ0v) is 12.2. The van der Waals surface area contributed by atoms with Crippen LogP contribution >= 0.6 is 0 Å². The van der Waals surface area contributed by atoms with Crippen molar-refractivity contribution in [3.8, 4) is 0 Å². The molecule has 1 atom stereocenters. The largest absolute Gasteiger partial charge is 0.462 e. The average Bonchev–Trinajstić information content (AvgIpc) is 2.40. The Morgan fingerprint density at radius 2 is 2.05 bits per heavy atom.